The van der Waals surface area contributed by atoms with E-state index in [2.05, 4.69) is 21.8 Å². The number of carbonyl (C=O) groups is 1. The van der Waals surface area contributed by atoms with Gasteiger partial charge < -0.3 is 15.5 Å². The van der Waals surface area contributed by atoms with E-state index in [4.69, 9.17) is 0 Å². The minimum Gasteiger partial charge on any atom is -0.334 e. The molecular weight excluding hydrogens is 246 g/mol. The van der Waals surface area contributed by atoms with Gasteiger partial charge in [0.05, 0.1) is 0 Å². The maximum absolute atomic E-state index is 11.8. The summed E-state index contributed by atoms with van der Waals surface area (Å²) < 4.78 is 0. The van der Waals surface area contributed by atoms with Crippen LogP contribution in [0.3, 0.4) is 0 Å². The summed E-state index contributed by atoms with van der Waals surface area (Å²) in [5.74, 6) is 1.17. The SMILES string of the molecule is CSCCN1CCCC(NC(=O)NC(C)(C)C)C1. The zero-order valence-corrected chi connectivity index (χ0v) is 12.9. The molecule has 0 aromatic rings. The normalized spacial score (nSPS) is 21.7. The highest BCUT2D eigenvalue weighted by molar-refractivity contribution is 7.98. The Kier molecular flexibility index (Phi) is 6.29. The highest BCUT2D eigenvalue weighted by Crippen LogP contribution is 2.11. The van der Waals surface area contributed by atoms with Gasteiger partial charge in [-0.25, -0.2) is 4.79 Å². The van der Waals surface area contributed by atoms with Crippen molar-refractivity contribution in [3.8, 4) is 0 Å². The van der Waals surface area contributed by atoms with Gasteiger partial charge in [0.2, 0.25) is 0 Å². The number of carbonyl (C=O) groups excluding carboxylic acids is 1. The summed E-state index contributed by atoms with van der Waals surface area (Å²) in [5.41, 5.74) is -0.169. The predicted octanol–water partition coefficient (Wildman–Crippen LogP) is 1.91. The van der Waals surface area contributed by atoms with E-state index >= 15 is 0 Å². The molecule has 0 radical (unpaired) electrons. The van der Waals surface area contributed by atoms with E-state index < -0.39 is 0 Å². The Morgan fingerprint density at radius 2 is 2.17 bits per heavy atom. The van der Waals surface area contributed by atoms with Crippen molar-refractivity contribution in [1.82, 2.24) is 15.5 Å². The van der Waals surface area contributed by atoms with Gasteiger partial charge in [-0.15, -0.1) is 0 Å². The van der Waals surface area contributed by atoms with Crippen LogP contribution < -0.4 is 10.6 Å². The van der Waals surface area contributed by atoms with Gasteiger partial charge in [0.1, 0.15) is 0 Å². The number of piperidine rings is 1. The van der Waals surface area contributed by atoms with Crippen molar-refractivity contribution in [2.45, 2.75) is 45.2 Å². The molecule has 18 heavy (non-hydrogen) atoms. The maximum atomic E-state index is 11.8. The summed E-state index contributed by atoms with van der Waals surface area (Å²) in [6.45, 7) is 9.27. The van der Waals surface area contributed by atoms with Gasteiger partial charge in [0.25, 0.3) is 0 Å². The molecule has 1 unspecified atom stereocenters. The van der Waals surface area contributed by atoms with Gasteiger partial charge >= 0.3 is 6.03 Å². The molecule has 1 rings (SSSR count). The molecule has 2 N–H and O–H groups in total. The lowest BCUT2D eigenvalue weighted by molar-refractivity contribution is 0.190. The van der Waals surface area contributed by atoms with Crippen LogP contribution in [0.25, 0.3) is 0 Å². The van der Waals surface area contributed by atoms with Gasteiger partial charge in [0.15, 0.2) is 0 Å². The fourth-order valence-electron chi connectivity index (χ4n) is 2.16. The first-order valence-corrected chi connectivity index (χ1v) is 8.10. The van der Waals surface area contributed by atoms with Crippen molar-refractivity contribution in [1.29, 1.82) is 0 Å². The number of hydrogen-bond acceptors (Lipinski definition) is 3. The second-order valence-corrected chi connectivity index (χ2v) is 6.97. The fraction of sp³-hybridized carbons (Fsp3) is 0.923. The summed E-state index contributed by atoms with van der Waals surface area (Å²) in [7, 11) is 0. The van der Waals surface area contributed by atoms with Gasteiger partial charge in [0, 0.05) is 30.4 Å². The number of urea groups is 1. The number of thioether (sulfide) groups is 1. The molecule has 1 aliphatic heterocycles. The van der Waals surface area contributed by atoms with E-state index in [1.54, 1.807) is 0 Å². The summed E-state index contributed by atoms with van der Waals surface area (Å²) in [6, 6.07) is 0.252. The molecule has 0 aliphatic carbocycles. The molecule has 0 aromatic heterocycles. The van der Waals surface area contributed by atoms with Crippen LogP contribution in [0.5, 0.6) is 0 Å². The summed E-state index contributed by atoms with van der Waals surface area (Å²) >= 11 is 1.88. The largest absolute Gasteiger partial charge is 0.334 e. The van der Waals surface area contributed by atoms with Crippen molar-refractivity contribution < 1.29 is 4.79 Å². The standard InChI is InChI=1S/C13H27N3OS/c1-13(2,3)15-12(17)14-11-6-5-7-16(10-11)8-9-18-4/h11H,5-10H2,1-4H3,(H2,14,15,17). The molecule has 1 saturated heterocycles. The molecule has 0 bridgehead atoms. The molecular formula is C13H27N3OS. The lowest BCUT2D eigenvalue weighted by atomic mass is 10.1. The molecule has 4 nitrogen and oxygen atoms in total. The van der Waals surface area contributed by atoms with Crippen molar-refractivity contribution in [2.24, 2.45) is 0 Å². The van der Waals surface area contributed by atoms with Crippen LogP contribution in [0.15, 0.2) is 0 Å². The van der Waals surface area contributed by atoms with Crippen molar-refractivity contribution in [2.75, 3.05) is 31.6 Å². The van der Waals surface area contributed by atoms with E-state index in [1.165, 1.54) is 18.7 Å². The zero-order chi connectivity index (χ0) is 13.6. The van der Waals surface area contributed by atoms with Crippen LogP contribution in [0.4, 0.5) is 4.79 Å². The van der Waals surface area contributed by atoms with Crippen LogP contribution in [0.2, 0.25) is 0 Å². The molecule has 106 valence electrons. The lowest BCUT2D eigenvalue weighted by Crippen LogP contribution is -2.54. The number of nitrogens with zero attached hydrogens (tertiary/aromatic N) is 1. The lowest BCUT2D eigenvalue weighted by Gasteiger charge is -2.33. The zero-order valence-electron chi connectivity index (χ0n) is 12.1. The Labute approximate surface area is 115 Å². The number of likely N-dealkylation sites (tertiary alicyclic amines) is 1. The number of rotatable bonds is 4. The quantitative estimate of drug-likeness (QED) is 0.822. The van der Waals surface area contributed by atoms with Crippen LogP contribution in [0, 0.1) is 0 Å². The minimum atomic E-state index is -0.169. The summed E-state index contributed by atoms with van der Waals surface area (Å²) in [6.07, 6.45) is 4.40. The molecule has 5 heteroatoms. The van der Waals surface area contributed by atoms with Crippen molar-refractivity contribution >= 4 is 17.8 Å². The molecule has 0 saturated carbocycles. The van der Waals surface area contributed by atoms with E-state index in [0.29, 0.717) is 6.04 Å². The molecule has 1 aliphatic rings. The van der Waals surface area contributed by atoms with Crippen molar-refractivity contribution in [3.63, 3.8) is 0 Å². The molecule has 0 spiro atoms. The Morgan fingerprint density at radius 1 is 1.44 bits per heavy atom. The van der Waals surface area contributed by atoms with E-state index in [9.17, 15) is 4.79 Å². The smallest absolute Gasteiger partial charge is 0.315 e. The fourth-order valence-corrected chi connectivity index (χ4v) is 2.60. The van der Waals surface area contributed by atoms with Gasteiger partial charge in [-0.1, -0.05) is 0 Å². The van der Waals surface area contributed by atoms with Crippen LogP contribution >= 0.6 is 11.8 Å². The molecule has 0 aromatic carbocycles. The highest BCUT2D eigenvalue weighted by atomic mass is 32.2. The number of nitrogens with one attached hydrogen (secondary N) is 2. The highest BCUT2D eigenvalue weighted by Gasteiger charge is 2.22. The van der Waals surface area contributed by atoms with E-state index in [0.717, 1.165) is 19.5 Å². The summed E-state index contributed by atoms with van der Waals surface area (Å²) in [5, 5.41) is 6.04. The third-order valence-corrected chi connectivity index (χ3v) is 3.53. The third kappa shape index (κ3) is 6.50. The Morgan fingerprint density at radius 3 is 2.78 bits per heavy atom. The van der Waals surface area contributed by atoms with E-state index in [-0.39, 0.29) is 11.6 Å². The van der Waals surface area contributed by atoms with Crippen LogP contribution in [-0.2, 0) is 0 Å². The average molecular weight is 273 g/mol. The topological polar surface area (TPSA) is 44.4 Å². The van der Waals surface area contributed by atoms with E-state index in [1.807, 2.05) is 32.5 Å². The number of hydrogen-bond donors (Lipinski definition) is 2. The number of amides is 2. The first-order chi connectivity index (χ1) is 8.40. The Hall–Kier alpha value is -0.420. The average Bonchev–Trinajstić information content (AvgIpc) is 2.24. The van der Waals surface area contributed by atoms with Crippen molar-refractivity contribution in [3.05, 3.63) is 0 Å². The third-order valence-electron chi connectivity index (χ3n) is 2.94. The minimum absolute atomic E-state index is 0.0424. The Balaban J connectivity index is 2.31. The van der Waals surface area contributed by atoms with Gasteiger partial charge in [-0.2, -0.15) is 11.8 Å². The molecule has 1 fully saturated rings. The van der Waals surface area contributed by atoms with Gasteiger partial charge in [-0.3, -0.25) is 0 Å². The summed E-state index contributed by atoms with van der Waals surface area (Å²) in [4.78, 5) is 14.2. The van der Waals surface area contributed by atoms with Crippen LogP contribution in [-0.4, -0.2) is 54.2 Å². The van der Waals surface area contributed by atoms with Gasteiger partial charge in [-0.05, 0) is 46.4 Å². The predicted molar refractivity (Wildman–Crippen MR) is 79.3 cm³/mol. The van der Waals surface area contributed by atoms with Crippen LogP contribution in [0.1, 0.15) is 33.6 Å². The maximum Gasteiger partial charge on any atom is 0.315 e. The molecule has 1 atom stereocenters. The monoisotopic (exact) mass is 273 g/mol. The second kappa shape index (κ2) is 7.24. The Bertz CT molecular complexity index is 265. The first kappa shape index (κ1) is 15.6. The molecule has 2 amide bonds. The second-order valence-electron chi connectivity index (χ2n) is 5.98. The first-order valence-electron chi connectivity index (χ1n) is 6.70. The molecule has 1 heterocycles.